The number of nitrogens with zero attached hydrogens (tertiary/aromatic N) is 4. The predicted octanol–water partition coefficient (Wildman–Crippen LogP) is 0.972. The van der Waals surface area contributed by atoms with Gasteiger partial charge in [-0.15, -0.1) is 0 Å². The van der Waals surface area contributed by atoms with Crippen molar-refractivity contribution in [2.75, 3.05) is 19.7 Å². The SMILES string of the molecule is Cc1cc(C(=O)N2C[C@@H](CO)[C@H](c3ccccn3)C2)n(C)n1. The number of aromatic nitrogens is 3. The van der Waals surface area contributed by atoms with Gasteiger partial charge in [0.15, 0.2) is 0 Å². The Bertz CT molecular complexity index is 668. The van der Waals surface area contributed by atoms with Crippen LogP contribution in [0.2, 0.25) is 0 Å². The number of pyridine rings is 1. The van der Waals surface area contributed by atoms with Crippen molar-refractivity contribution in [1.82, 2.24) is 19.7 Å². The number of hydrogen-bond acceptors (Lipinski definition) is 4. The van der Waals surface area contributed by atoms with Gasteiger partial charge in [-0.2, -0.15) is 5.10 Å². The first-order chi connectivity index (χ1) is 10.6. The molecular weight excluding hydrogens is 280 g/mol. The van der Waals surface area contributed by atoms with Gasteiger partial charge in [0.25, 0.3) is 5.91 Å². The number of aryl methyl sites for hydroxylation is 2. The Balaban J connectivity index is 1.82. The molecule has 6 nitrogen and oxygen atoms in total. The van der Waals surface area contributed by atoms with Gasteiger partial charge in [-0.05, 0) is 25.1 Å². The smallest absolute Gasteiger partial charge is 0.272 e. The zero-order valence-corrected chi connectivity index (χ0v) is 12.8. The van der Waals surface area contributed by atoms with Crippen molar-refractivity contribution >= 4 is 5.91 Å². The first-order valence-corrected chi connectivity index (χ1v) is 7.42. The lowest BCUT2D eigenvalue weighted by Gasteiger charge is -2.16. The highest BCUT2D eigenvalue weighted by Crippen LogP contribution is 2.32. The minimum atomic E-state index is -0.0417. The summed E-state index contributed by atoms with van der Waals surface area (Å²) in [6.45, 7) is 3.04. The molecule has 0 radical (unpaired) electrons. The van der Waals surface area contributed by atoms with E-state index in [0.29, 0.717) is 18.8 Å². The quantitative estimate of drug-likeness (QED) is 0.917. The van der Waals surface area contributed by atoms with Crippen LogP contribution in [0.3, 0.4) is 0 Å². The van der Waals surface area contributed by atoms with E-state index in [9.17, 15) is 9.90 Å². The van der Waals surface area contributed by atoms with Gasteiger partial charge in [0.1, 0.15) is 5.69 Å². The van der Waals surface area contributed by atoms with Gasteiger partial charge in [0.05, 0.1) is 5.69 Å². The molecule has 6 heteroatoms. The molecule has 0 saturated carbocycles. The summed E-state index contributed by atoms with van der Waals surface area (Å²) in [6.07, 6.45) is 1.75. The van der Waals surface area contributed by atoms with E-state index in [0.717, 1.165) is 11.4 Å². The minimum Gasteiger partial charge on any atom is -0.396 e. The third kappa shape index (κ3) is 2.62. The van der Waals surface area contributed by atoms with Crippen LogP contribution >= 0.6 is 0 Å². The topological polar surface area (TPSA) is 71.2 Å². The van der Waals surface area contributed by atoms with E-state index < -0.39 is 0 Å². The number of rotatable bonds is 3. The van der Waals surface area contributed by atoms with Crippen molar-refractivity contribution in [2.24, 2.45) is 13.0 Å². The van der Waals surface area contributed by atoms with Crippen molar-refractivity contribution in [3.63, 3.8) is 0 Å². The zero-order chi connectivity index (χ0) is 15.7. The molecule has 3 heterocycles. The highest BCUT2D eigenvalue weighted by atomic mass is 16.3. The molecule has 0 spiro atoms. The highest BCUT2D eigenvalue weighted by Gasteiger charge is 2.37. The lowest BCUT2D eigenvalue weighted by Crippen LogP contribution is -2.30. The second-order valence-corrected chi connectivity index (χ2v) is 5.81. The van der Waals surface area contributed by atoms with Crippen molar-refractivity contribution in [1.29, 1.82) is 0 Å². The van der Waals surface area contributed by atoms with Crippen molar-refractivity contribution in [3.05, 3.63) is 47.5 Å². The molecule has 116 valence electrons. The van der Waals surface area contributed by atoms with Gasteiger partial charge in [0.2, 0.25) is 0 Å². The Morgan fingerprint density at radius 1 is 1.41 bits per heavy atom. The maximum Gasteiger partial charge on any atom is 0.272 e. The third-order valence-electron chi connectivity index (χ3n) is 4.25. The van der Waals surface area contributed by atoms with Crippen LogP contribution in [-0.4, -0.2) is 50.4 Å². The molecule has 2 aromatic rings. The number of aliphatic hydroxyl groups excluding tert-OH is 1. The van der Waals surface area contributed by atoms with Crippen LogP contribution in [0.5, 0.6) is 0 Å². The summed E-state index contributed by atoms with van der Waals surface area (Å²) >= 11 is 0. The molecule has 1 fully saturated rings. The third-order valence-corrected chi connectivity index (χ3v) is 4.25. The van der Waals surface area contributed by atoms with Gasteiger partial charge in [-0.3, -0.25) is 14.5 Å². The van der Waals surface area contributed by atoms with E-state index in [2.05, 4.69) is 10.1 Å². The second-order valence-electron chi connectivity index (χ2n) is 5.81. The molecule has 0 bridgehead atoms. The molecule has 1 saturated heterocycles. The molecule has 3 rings (SSSR count). The fourth-order valence-corrected chi connectivity index (χ4v) is 3.13. The normalized spacial score (nSPS) is 21.3. The predicted molar refractivity (Wildman–Crippen MR) is 81.4 cm³/mol. The molecule has 2 atom stereocenters. The summed E-state index contributed by atoms with van der Waals surface area (Å²) in [5, 5.41) is 13.9. The Labute approximate surface area is 129 Å². The maximum atomic E-state index is 12.7. The standard InChI is InChI=1S/C16H20N4O2/c1-11-7-15(19(2)18-11)16(22)20-8-12(10-21)13(9-20)14-5-3-4-6-17-14/h3-7,12-13,21H,8-10H2,1-2H3/t12-,13+/m0/s1. The first-order valence-electron chi connectivity index (χ1n) is 7.42. The molecule has 0 unspecified atom stereocenters. The molecule has 1 aliphatic rings. The summed E-state index contributed by atoms with van der Waals surface area (Å²) in [7, 11) is 1.77. The fraction of sp³-hybridized carbons (Fsp3) is 0.438. The Morgan fingerprint density at radius 2 is 2.23 bits per heavy atom. The number of aliphatic hydroxyl groups is 1. The molecule has 22 heavy (non-hydrogen) atoms. The van der Waals surface area contributed by atoms with E-state index in [1.165, 1.54) is 0 Å². The van der Waals surface area contributed by atoms with Crippen LogP contribution in [-0.2, 0) is 7.05 Å². The van der Waals surface area contributed by atoms with Gasteiger partial charge < -0.3 is 10.0 Å². The van der Waals surface area contributed by atoms with Crippen LogP contribution in [0.1, 0.15) is 27.8 Å². The molecule has 1 aliphatic heterocycles. The monoisotopic (exact) mass is 300 g/mol. The van der Waals surface area contributed by atoms with E-state index in [1.54, 1.807) is 28.9 Å². The Kier molecular flexibility index (Phi) is 3.94. The van der Waals surface area contributed by atoms with Crippen LogP contribution in [0.25, 0.3) is 0 Å². The summed E-state index contributed by atoms with van der Waals surface area (Å²) in [5.74, 6) is 0.0534. The average molecular weight is 300 g/mol. The summed E-state index contributed by atoms with van der Waals surface area (Å²) in [6, 6.07) is 7.55. The van der Waals surface area contributed by atoms with Gasteiger partial charge in [0, 0.05) is 50.5 Å². The zero-order valence-electron chi connectivity index (χ0n) is 12.8. The van der Waals surface area contributed by atoms with Crippen molar-refractivity contribution in [2.45, 2.75) is 12.8 Å². The lowest BCUT2D eigenvalue weighted by atomic mass is 9.93. The summed E-state index contributed by atoms with van der Waals surface area (Å²) in [5.41, 5.74) is 2.33. The number of amides is 1. The van der Waals surface area contributed by atoms with E-state index in [4.69, 9.17) is 0 Å². The van der Waals surface area contributed by atoms with Crippen LogP contribution < -0.4 is 0 Å². The van der Waals surface area contributed by atoms with Crippen LogP contribution in [0, 0.1) is 12.8 Å². The van der Waals surface area contributed by atoms with E-state index in [-0.39, 0.29) is 24.3 Å². The number of likely N-dealkylation sites (tertiary alicyclic amines) is 1. The minimum absolute atomic E-state index is 0.0215. The summed E-state index contributed by atoms with van der Waals surface area (Å²) < 4.78 is 1.61. The second kappa shape index (κ2) is 5.88. The van der Waals surface area contributed by atoms with Crippen LogP contribution in [0.4, 0.5) is 0 Å². The molecule has 2 aromatic heterocycles. The molecule has 1 amide bonds. The van der Waals surface area contributed by atoms with Gasteiger partial charge in [-0.25, -0.2) is 0 Å². The number of carbonyl (C=O) groups excluding carboxylic acids is 1. The van der Waals surface area contributed by atoms with Crippen molar-refractivity contribution in [3.8, 4) is 0 Å². The molecular formula is C16H20N4O2. The average Bonchev–Trinajstić information content (AvgIpc) is 3.10. The van der Waals surface area contributed by atoms with Crippen LogP contribution in [0.15, 0.2) is 30.5 Å². The van der Waals surface area contributed by atoms with Gasteiger partial charge in [-0.1, -0.05) is 6.07 Å². The maximum absolute atomic E-state index is 12.7. The van der Waals surface area contributed by atoms with Crippen molar-refractivity contribution < 1.29 is 9.90 Å². The Morgan fingerprint density at radius 3 is 2.82 bits per heavy atom. The first kappa shape index (κ1) is 14.7. The molecule has 0 aromatic carbocycles. The van der Waals surface area contributed by atoms with E-state index in [1.807, 2.05) is 25.1 Å². The lowest BCUT2D eigenvalue weighted by molar-refractivity contribution is 0.0770. The number of hydrogen-bond donors (Lipinski definition) is 1. The number of carbonyl (C=O) groups is 1. The fourth-order valence-electron chi connectivity index (χ4n) is 3.13. The largest absolute Gasteiger partial charge is 0.396 e. The van der Waals surface area contributed by atoms with E-state index >= 15 is 0 Å². The van der Waals surface area contributed by atoms with Gasteiger partial charge >= 0.3 is 0 Å². The molecule has 0 aliphatic carbocycles. The highest BCUT2D eigenvalue weighted by molar-refractivity contribution is 5.93. The molecule has 1 N–H and O–H groups in total. The Hall–Kier alpha value is -2.21. The summed E-state index contributed by atoms with van der Waals surface area (Å²) in [4.78, 5) is 18.9.